The van der Waals surface area contributed by atoms with E-state index in [2.05, 4.69) is 74.6 Å². The highest BCUT2D eigenvalue weighted by molar-refractivity contribution is 5.69. The van der Waals surface area contributed by atoms with Crippen LogP contribution < -0.4 is 0 Å². The molecule has 0 radical (unpaired) electrons. The number of hydrogen-bond acceptors (Lipinski definition) is 3. The molecule has 0 fully saturated rings. The average molecular weight is 585 g/mol. The van der Waals surface area contributed by atoms with Gasteiger partial charge in [0.25, 0.3) is 0 Å². The lowest BCUT2D eigenvalue weighted by molar-refractivity contribution is -0.151. The second-order valence-electron chi connectivity index (χ2n) is 11.3. The van der Waals surface area contributed by atoms with Gasteiger partial charge in [-0.3, -0.25) is 9.59 Å². The van der Waals surface area contributed by atoms with Crippen molar-refractivity contribution in [3.05, 3.63) is 60.8 Å². The van der Waals surface area contributed by atoms with Crippen molar-refractivity contribution >= 4 is 11.9 Å². The second kappa shape index (κ2) is 33.1. The number of ether oxygens (including phenoxy) is 1. The lowest BCUT2D eigenvalue weighted by Gasteiger charge is -2.17. The van der Waals surface area contributed by atoms with E-state index in [0.717, 1.165) is 77.0 Å². The molecule has 0 saturated carbocycles. The molecule has 4 heteroatoms. The van der Waals surface area contributed by atoms with Crippen LogP contribution in [0.25, 0.3) is 0 Å². The average Bonchev–Trinajstić information content (AvgIpc) is 2.97. The molecule has 0 aliphatic carbocycles. The summed E-state index contributed by atoms with van der Waals surface area (Å²) in [6, 6.07) is 0. The van der Waals surface area contributed by atoms with Gasteiger partial charge < -0.3 is 9.84 Å². The molecule has 0 rings (SSSR count). The first-order chi connectivity index (χ1) is 20.6. The summed E-state index contributed by atoms with van der Waals surface area (Å²) in [5.41, 5.74) is 0. The monoisotopic (exact) mass is 584 g/mol. The van der Waals surface area contributed by atoms with Crippen molar-refractivity contribution in [1.29, 1.82) is 0 Å². The van der Waals surface area contributed by atoms with Crippen LogP contribution in [0.4, 0.5) is 0 Å². The molecule has 1 N–H and O–H groups in total. The summed E-state index contributed by atoms with van der Waals surface area (Å²) in [5.74, 6) is -0.986. The number of carbonyl (C=O) groups is 2. The number of rotatable bonds is 30. The quantitative estimate of drug-likeness (QED) is 0.0518. The Morgan fingerprint density at radius 3 is 1.57 bits per heavy atom. The maximum absolute atomic E-state index is 12.3. The molecule has 0 aromatic carbocycles. The molecule has 0 heterocycles. The molecule has 0 aliphatic heterocycles. The zero-order chi connectivity index (χ0) is 30.8. The van der Waals surface area contributed by atoms with Gasteiger partial charge in [-0.15, -0.1) is 0 Å². The van der Waals surface area contributed by atoms with Crippen LogP contribution in [0.1, 0.15) is 162 Å². The van der Waals surface area contributed by atoms with E-state index in [9.17, 15) is 9.59 Å². The predicted octanol–water partition coefficient (Wildman–Crippen LogP) is 11.8. The summed E-state index contributed by atoms with van der Waals surface area (Å²) in [5, 5.41) is 9.04. The maximum atomic E-state index is 12.3. The predicted molar refractivity (Wildman–Crippen MR) is 181 cm³/mol. The SMILES string of the molecule is CC/C=C\C/C=C\C/C=C\C/C=C\C/C=C\CCCCCCCC(=O)OC(CCCCCCCCCC)CCC(=O)O. The van der Waals surface area contributed by atoms with E-state index in [1.165, 1.54) is 51.4 Å². The molecule has 0 aromatic rings. The summed E-state index contributed by atoms with van der Waals surface area (Å²) >= 11 is 0. The van der Waals surface area contributed by atoms with Gasteiger partial charge in [-0.05, 0) is 70.6 Å². The first-order valence-corrected chi connectivity index (χ1v) is 17.3. The molecule has 42 heavy (non-hydrogen) atoms. The maximum Gasteiger partial charge on any atom is 0.306 e. The number of aliphatic carboxylic acids is 1. The number of carboxylic acid groups (broad SMARTS) is 1. The third-order valence-corrected chi connectivity index (χ3v) is 7.27. The Balaban J connectivity index is 3.79. The molecule has 4 nitrogen and oxygen atoms in total. The first kappa shape index (κ1) is 39.6. The van der Waals surface area contributed by atoms with Gasteiger partial charge in [0, 0.05) is 12.8 Å². The molecule has 1 atom stereocenters. The van der Waals surface area contributed by atoms with Gasteiger partial charge in [-0.25, -0.2) is 0 Å². The summed E-state index contributed by atoms with van der Waals surface area (Å²) in [6.07, 6.45) is 45.2. The van der Waals surface area contributed by atoms with Crippen LogP contribution in [0.3, 0.4) is 0 Å². The summed E-state index contributed by atoms with van der Waals surface area (Å²) < 4.78 is 5.68. The van der Waals surface area contributed by atoms with Gasteiger partial charge in [-0.1, -0.05) is 139 Å². The number of allylic oxidation sites excluding steroid dienone is 10. The molecule has 0 bridgehead atoms. The molecule has 240 valence electrons. The zero-order valence-electron chi connectivity index (χ0n) is 27.3. The van der Waals surface area contributed by atoms with Gasteiger partial charge in [0.2, 0.25) is 0 Å². The standard InChI is InChI=1S/C38H64O4/c1-3-5-7-9-11-13-14-15-16-17-18-19-20-21-22-23-24-25-27-29-31-33-38(41)42-36(34-35-37(39)40)32-30-28-26-12-10-8-6-4-2/h5,7,11,13,15-16,18-19,21-22,36H,3-4,6,8-10,12,14,17,20,23-35H2,1-2H3,(H,39,40)/b7-5-,13-11-,16-15-,19-18-,22-21-. The Kier molecular flexibility index (Phi) is 31.3. The minimum Gasteiger partial charge on any atom is -0.481 e. The molecular formula is C38H64O4. The Morgan fingerprint density at radius 1 is 0.548 bits per heavy atom. The molecule has 0 aromatic heterocycles. The van der Waals surface area contributed by atoms with Crippen LogP contribution in [0.2, 0.25) is 0 Å². The van der Waals surface area contributed by atoms with Gasteiger partial charge in [-0.2, -0.15) is 0 Å². The molecule has 1 unspecified atom stereocenters. The topological polar surface area (TPSA) is 63.6 Å². The molecule has 0 amide bonds. The van der Waals surface area contributed by atoms with Crippen molar-refractivity contribution in [2.45, 2.75) is 168 Å². The smallest absolute Gasteiger partial charge is 0.306 e. The van der Waals surface area contributed by atoms with Crippen LogP contribution in [0.15, 0.2) is 60.8 Å². The molecule has 0 aliphatic rings. The molecule has 0 spiro atoms. The van der Waals surface area contributed by atoms with Crippen molar-refractivity contribution in [2.24, 2.45) is 0 Å². The van der Waals surface area contributed by atoms with Crippen LogP contribution in [-0.2, 0) is 14.3 Å². The lowest BCUT2D eigenvalue weighted by atomic mass is 10.0. The number of hydrogen-bond donors (Lipinski definition) is 1. The highest BCUT2D eigenvalue weighted by Crippen LogP contribution is 2.17. The van der Waals surface area contributed by atoms with Crippen LogP contribution >= 0.6 is 0 Å². The third kappa shape index (κ3) is 32.2. The minimum atomic E-state index is -0.823. The lowest BCUT2D eigenvalue weighted by Crippen LogP contribution is -2.19. The van der Waals surface area contributed by atoms with Crippen molar-refractivity contribution in [3.63, 3.8) is 0 Å². The van der Waals surface area contributed by atoms with Crippen LogP contribution in [-0.4, -0.2) is 23.1 Å². The minimum absolute atomic E-state index is 0.0624. The molecular weight excluding hydrogens is 520 g/mol. The largest absolute Gasteiger partial charge is 0.481 e. The van der Waals surface area contributed by atoms with Crippen molar-refractivity contribution < 1.29 is 19.4 Å². The van der Waals surface area contributed by atoms with E-state index in [1.807, 2.05) is 0 Å². The zero-order valence-corrected chi connectivity index (χ0v) is 27.3. The van der Waals surface area contributed by atoms with Gasteiger partial charge in [0.05, 0.1) is 0 Å². The van der Waals surface area contributed by atoms with E-state index >= 15 is 0 Å². The summed E-state index contributed by atoms with van der Waals surface area (Å²) in [4.78, 5) is 23.4. The third-order valence-electron chi connectivity index (χ3n) is 7.27. The van der Waals surface area contributed by atoms with E-state index in [0.29, 0.717) is 12.8 Å². The first-order valence-electron chi connectivity index (χ1n) is 17.3. The van der Waals surface area contributed by atoms with E-state index in [4.69, 9.17) is 9.84 Å². The van der Waals surface area contributed by atoms with Crippen LogP contribution in [0.5, 0.6) is 0 Å². The summed E-state index contributed by atoms with van der Waals surface area (Å²) in [6.45, 7) is 4.39. The Bertz CT molecular complexity index is 759. The van der Waals surface area contributed by atoms with Gasteiger partial charge in [0.1, 0.15) is 6.10 Å². The number of carbonyl (C=O) groups excluding carboxylic acids is 1. The fourth-order valence-electron chi connectivity index (χ4n) is 4.73. The Morgan fingerprint density at radius 2 is 1.02 bits per heavy atom. The Hall–Kier alpha value is -2.36. The summed E-state index contributed by atoms with van der Waals surface area (Å²) in [7, 11) is 0. The fourth-order valence-corrected chi connectivity index (χ4v) is 4.73. The van der Waals surface area contributed by atoms with Gasteiger partial charge in [0.15, 0.2) is 0 Å². The normalized spacial score (nSPS) is 13.0. The molecule has 0 saturated heterocycles. The van der Waals surface area contributed by atoms with Crippen molar-refractivity contribution in [3.8, 4) is 0 Å². The van der Waals surface area contributed by atoms with E-state index < -0.39 is 5.97 Å². The number of unbranched alkanes of at least 4 members (excludes halogenated alkanes) is 12. The number of esters is 1. The van der Waals surface area contributed by atoms with E-state index in [1.54, 1.807) is 0 Å². The van der Waals surface area contributed by atoms with Crippen molar-refractivity contribution in [1.82, 2.24) is 0 Å². The van der Waals surface area contributed by atoms with Crippen LogP contribution in [0, 0.1) is 0 Å². The van der Waals surface area contributed by atoms with E-state index in [-0.39, 0.29) is 18.5 Å². The Labute approximate surface area is 259 Å². The second-order valence-corrected chi connectivity index (χ2v) is 11.3. The highest BCUT2D eigenvalue weighted by Gasteiger charge is 2.15. The van der Waals surface area contributed by atoms with Crippen molar-refractivity contribution in [2.75, 3.05) is 0 Å². The van der Waals surface area contributed by atoms with Gasteiger partial charge >= 0.3 is 11.9 Å². The highest BCUT2D eigenvalue weighted by atomic mass is 16.5. The fraction of sp³-hybridized carbons (Fsp3) is 0.684. The number of carboxylic acids is 1.